The zero-order chi connectivity index (χ0) is 17.1. The summed E-state index contributed by atoms with van der Waals surface area (Å²) in [5.41, 5.74) is 8.99. The fourth-order valence-corrected chi connectivity index (χ4v) is 4.54. The number of benzene rings is 1. The van der Waals surface area contributed by atoms with Crippen LogP contribution in [-0.2, 0) is 11.2 Å². The minimum atomic E-state index is 0.0391. The summed E-state index contributed by atoms with van der Waals surface area (Å²) in [6.07, 6.45) is 6.78. The molecule has 5 heteroatoms. The van der Waals surface area contributed by atoms with Crippen LogP contribution in [0, 0.1) is 24.7 Å². The zero-order valence-electron chi connectivity index (χ0n) is 14.5. The van der Waals surface area contributed by atoms with E-state index in [2.05, 4.69) is 42.1 Å². The Balaban J connectivity index is 1.46. The molecular formula is C19H27N3OS. The second kappa shape index (κ2) is 7.51. The molecule has 1 amide bonds. The van der Waals surface area contributed by atoms with E-state index >= 15 is 0 Å². The van der Waals surface area contributed by atoms with Gasteiger partial charge >= 0.3 is 0 Å². The van der Waals surface area contributed by atoms with E-state index in [1.54, 1.807) is 0 Å². The fraction of sp³-hybridized carbons (Fsp3) is 0.579. The quantitative estimate of drug-likeness (QED) is 0.575. The van der Waals surface area contributed by atoms with Crippen molar-refractivity contribution < 1.29 is 4.79 Å². The van der Waals surface area contributed by atoms with E-state index in [0.29, 0.717) is 17.5 Å². The summed E-state index contributed by atoms with van der Waals surface area (Å²) in [6.45, 7) is 4.17. The Bertz CT molecular complexity index is 631. The molecule has 130 valence electrons. The lowest BCUT2D eigenvalue weighted by Crippen LogP contribution is -2.44. The molecule has 24 heavy (non-hydrogen) atoms. The molecule has 1 aromatic carbocycles. The number of carbonyl (C=O) groups excluding carboxylic acids is 1. The average Bonchev–Trinajstić information content (AvgIpc) is 3.17. The zero-order valence-corrected chi connectivity index (χ0v) is 15.3. The number of carbonyl (C=O) groups is 1. The molecule has 2 fully saturated rings. The average molecular weight is 346 g/mol. The summed E-state index contributed by atoms with van der Waals surface area (Å²) >= 11 is 5.32. The lowest BCUT2D eigenvalue weighted by molar-refractivity contribution is -0.122. The van der Waals surface area contributed by atoms with Gasteiger partial charge in [-0.3, -0.25) is 15.6 Å². The second-order valence-electron chi connectivity index (χ2n) is 7.23. The van der Waals surface area contributed by atoms with Gasteiger partial charge in [-0.05, 0) is 73.7 Å². The van der Waals surface area contributed by atoms with Gasteiger partial charge in [0.1, 0.15) is 0 Å². The minimum absolute atomic E-state index is 0.0391. The molecule has 0 unspecified atom stereocenters. The number of para-hydroxylation sites is 1. The van der Waals surface area contributed by atoms with Crippen LogP contribution >= 0.6 is 12.2 Å². The molecule has 2 aliphatic carbocycles. The van der Waals surface area contributed by atoms with Crippen molar-refractivity contribution in [2.75, 3.05) is 5.32 Å². The number of hydrogen-bond acceptors (Lipinski definition) is 2. The first-order chi connectivity index (χ1) is 11.6. The molecule has 0 aromatic heterocycles. The molecule has 4 nitrogen and oxygen atoms in total. The fourth-order valence-electron chi connectivity index (χ4n) is 4.39. The molecule has 2 aliphatic rings. The summed E-state index contributed by atoms with van der Waals surface area (Å²) in [7, 11) is 0. The Morgan fingerprint density at radius 1 is 1.25 bits per heavy atom. The number of fused-ring (bicyclic) bond motifs is 2. The van der Waals surface area contributed by atoms with E-state index in [9.17, 15) is 4.79 Å². The molecule has 0 saturated heterocycles. The maximum Gasteiger partial charge on any atom is 0.238 e. The monoisotopic (exact) mass is 345 g/mol. The van der Waals surface area contributed by atoms with Gasteiger partial charge in [0.05, 0.1) is 0 Å². The lowest BCUT2D eigenvalue weighted by atomic mass is 9.86. The largest absolute Gasteiger partial charge is 0.331 e. The first-order valence-electron chi connectivity index (χ1n) is 9.01. The number of rotatable bonds is 4. The third kappa shape index (κ3) is 3.89. The maximum atomic E-state index is 12.2. The first-order valence-corrected chi connectivity index (χ1v) is 9.42. The predicted octanol–water partition coefficient (Wildman–Crippen LogP) is 3.70. The topological polar surface area (TPSA) is 53.2 Å². The van der Waals surface area contributed by atoms with Crippen LogP contribution in [0.4, 0.5) is 5.69 Å². The van der Waals surface area contributed by atoms with Gasteiger partial charge < -0.3 is 5.32 Å². The van der Waals surface area contributed by atoms with Crippen molar-refractivity contribution in [2.24, 2.45) is 17.8 Å². The van der Waals surface area contributed by atoms with E-state index in [4.69, 9.17) is 12.2 Å². The first kappa shape index (κ1) is 17.2. The Kier molecular flexibility index (Phi) is 5.39. The molecule has 0 radical (unpaired) electrons. The molecular weight excluding hydrogens is 318 g/mol. The molecule has 2 saturated carbocycles. The van der Waals surface area contributed by atoms with Crippen LogP contribution in [0.3, 0.4) is 0 Å². The van der Waals surface area contributed by atoms with Crippen molar-refractivity contribution in [3.63, 3.8) is 0 Å². The number of amides is 1. The van der Waals surface area contributed by atoms with Crippen molar-refractivity contribution in [3.05, 3.63) is 29.3 Å². The van der Waals surface area contributed by atoms with Crippen LogP contribution in [-0.4, -0.2) is 11.0 Å². The van der Waals surface area contributed by atoms with E-state index in [1.807, 2.05) is 6.07 Å². The lowest BCUT2D eigenvalue weighted by Gasteiger charge is -2.21. The second-order valence-corrected chi connectivity index (χ2v) is 7.64. The van der Waals surface area contributed by atoms with Crippen LogP contribution < -0.4 is 16.2 Å². The minimum Gasteiger partial charge on any atom is -0.331 e. The number of hydrogen-bond donors (Lipinski definition) is 3. The Morgan fingerprint density at radius 3 is 2.75 bits per heavy atom. The number of hydrazine groups is 1. The van der Waals surface area contributed by atoms with Crippen LogP contribution in [0.25, 0.3) is 0 Å². The van der Waals surface area contributed by atoms with E-state index in [0.717, 1.165) is 29.5 Å². The summed E-state index contributed by atoms with van der Waals surface area (Å²) in [4.78, 5) is 12.2. The van der Waals surface area contributed by atoms with Gasteiger partial charge in [-0.1, -0.05) is 31.5 Å². The smallest absolute Gasteiger partial charge is 0.238 e. The predicted molar refractivity (Wildman–Crippen MR) is 102 cm³/mol. The highest BCUT2D eigenvalue weighted by Gasteiger charge is 2.40. The normalized spacial score (nSPS) is 24.7. The van der Waals surface area contributed by atoms with Crippen molar-refractivity contribution >= 4 is 28.9 Å². The highest BCUT2D eigenvalue weighted by atomic mass is 32.1. The van der Waals surface area contributed by atoms with Crippen molar-refractivity contribution in [1.82, 2.24) is 10.9 Å². The summed E-state index contributed by atoms with van der Waals surface area (Å²) < 4.78 is 0. The molecule has 3 N–H and O–H groups in total. The van der Waals surface area contributed by atoms with Crippen molar-refractivity contribution in [2.45, 2.75) is 52.4 Å². The Hall–Kier alpha value is -1.62. The van der Waals surface area contributed by atoms with Gasteiger partial charge in [-0.15, -0.1) is 0 Å². The highest BCUT2D eigenvalue weighted by Crippen LogP contribution is 2.49. The maximum absolute atomic E-state index is 12.2. The molecule has 0 heterocycles. The summed E-state index contributed by atoms with van der Waals surface area (Å²) in [6, 6.07) is 6.19. The molecule has 0 aliphatic heterocycles. The molecule has 3 rings (SSSR count). The Labute approximate surface area is 149 Å². The van der Waals surface area contributed by atoms with Crippen molar-refractivity contribution in [3.8, 4) is 0 Å². The van der Waals surface area contributed by atoms with Crippen LogP contribution in [0.1, 0.15) is 50.2 Å². The van der Waals surface area contributed by atoms with E-state index in [1.165, 1.54) is 31.2 Å². The van der Waals surface area contributed by atoms with Crippen LogP contribution in [0.15, 0.2) is 18.2 Å². The number of nitrogens with one attached hydrogen (secondary N) is 3. The van der Waals surface area contributed by atoms with Crippen LogP contribution in [0.5, 0.6) is 0 Å². The number of thiocarbonyl (C=S) groups is 1. The summed E-state index contributed by atoms with van der Waals surface area (Å²) in [5, 5.41) is 3.64. The number of aryl methyl sites for hydroxylation is 2. The van der Waals surface area contributed by atoms with E-state index in [-0.39, 0.29) is 5.91 Å². The Morgan fingerprint density at radius 2 is 2.08 bits per heavy atom. The molecule has 1 aromatic rings. The van der Waals surface area contributed by atoms with Gasteiger partial charge in [0.25, 0.3) is 0 Å². The summed E-state index contributed by atoms with van der Waals surface area (Å²) in [5.74, 6) is 2.24. The molecule has 2 bridgehead atoms. The third-order valence-corrected chi connectivity index (χ3v) is 5.83. The van der Waals surface area contributed by atoms with Gasteiger partial charge in [-0.2, -0.15) is 0 Å². The van der Waals surface area contributed by atoms with Gasteiger partial charge in [0, 0.05) is 12.1 Å². The molecule has 3 atom stereocenters. The third-order valence-electron chi connectivity index (χ3n) is 5.63. The number of anilines is 1. The standard InChI is InChI=1S/C19H27N3OS/c1-3-14-6-4-5-12(2)18(14)20-19(24)22-21-17(23)11-16-10-13-7-8-15(16)9-13/h4-6,13,15-16H,3,7-11H2,1-2H3,(H,21,23)(H2,20,22,24)/t13-,15+,16-/m0/s1. The van der Waals surface area contributed by atoms with Gasteiger partial charge in [-0.25, -0.2) is 0 Å². The highest BCUT2D eigenvalue weighted by molar-refractivity contribution is 7.80. The van der Waals surface area contributed by atoms with Gasteiger partial charge in [0.15, 0.2) is 5.11 Å². The van der Waals surface area contributed by atoms with Crippen LogP contribution in [0.2, 0.25) is 0 Å². The molecule has 0 spiro atoms. The van der Waals surface area contributed by atoms with Gasteiger partial charge in [0.2, 0.25) is 5.91 Å². The van der Waals surface area contributed by atoms with E-state index < -0.39 is 0 Å². The SMILES string of the molecule is CCc1cccc(C)c1NC(=S)NNC(=O)C[C@@H]1C[C@H]2CC[C@@H]1C2. The van der Waals surface area contributed by atoms with Crippen molar-refractivity contribution in [1.29, 1.82) is 0 Å².